The summed E-state index contributed by atoms with van der Waals surface area (Å²) >= 11 is 5.94. The predicted octanol–water partition coefficient (Wildman–Crippen LogP) is 4.40. The molecule has 2 heterocycles. The van der Waals surface area contributed by atoms with Crippen molar-refractivity contribution in [1.82, 2.24) is 14.5 Å². The van der Waals surface area contributed by atoms with Crippen LogP contribution in [0.4, 0.5) is 14.5 Å². The van der Waals surface area contributed by atoms with Crippen LogP contribution in [-0.4, -0.2) is 42.6 Å². The Morgan fingerprint density at radius 3 is 2.58 bits per heavy atom. The zero-order valence-electron chi connectivity index (χ0n) is 21.4. The number of pyridine rings is 1. The van der Waals surface area contributed by atoms with Gasteiger partial charge in [0.05, 0.1) is 36.4 Å². The Morgan fingerprint density at radius 2 is 1.90 bits per heavy atom. The second-order valence-electron chi connectivity index (χ2n) is 8.67. The van der Waals surface area contributed by atoms with E-state index in [0.29, 0.717) is 0 Å². The number of hydrogen-bond donors (Lipinski definition) is 1. The smallest absolute Gasteiger partial charge is 0.310 e. The van der Waals surface area contributed by atoms with Crippen molar-refractivity contribution in [3.63, 3.8) is 0 Å². The third-order valence-corrected chi connectivity index (χ3v) is 7.69. The molecular formula is C26H23ClF2N4O6S. The second-order valence-corrected chi connectivity index (χ2v) is 10.7. The molecule has 0 amide bonds. The van der Waals surface area contributed by atoms with Crippen LogP contribution in [-0.2, 0) is 26.1 Å². The van der Waals surface area contributed by atoms with Gasteiger partial charge in [-0.1, -0.05) is 18.5 Å². The van der Waals surface area contributed by atoms with Gasteiger partial charge in [-0.2, -0.15) is 0 Å². The Hall–Kier alpha value is -4.10. The lowest BCUT2D eigenvalue weighted by atomic mass is 10.0. The van der Waals surface area contributed by atoms with E-state index in [2.05, 4.69) is 14.7 Å². The van der Waals surface area contributed by atoms with Gasteiger partial charge in [-0.3, -0.25) is 18.9 Å². The summed E-state index contributed by atoms with van der Waals surface area (Å²) in [7, 11) is -3.04. The average Bonchev–Trinajstić information content (AvgIpc) is 2.90. The van der Waals surface area contributed by atoms with E-state index in [0.717, 1.165) is 30.6 Å². The van der Waals surface area contributed by atoms with E-state index in [1.54, 1.807) is 13.8 Å². The molecule has 0 aliphatic carbocycles. The minimum absolute atomic E-state index is 0.0333. The van der Waals surface area contributed by atoms with Crippen molar-refractivity contribution in [2.45, 2.75) is 25.3 Å². The highest BCUT2D eigenvalue weighted by Gasteiger charge is 2.22. The number of nitrogens with one attached hydrogen (secondary N) is 1. The number of rotatable bonds is 9. The van der Waals surface area contributed by atoms with E-state index in [4.69, 9.17) is 21.1 Å². The van der Waals surface area contributed by atoms with E-state index < -0.39 is 39.1 Å². The molecular weight excluding hydrogens is 570 g/mol. The fourth-order valence-corrected chi connectivity index (χ4v) is 5.50. The summed E-state index contributed by atoms with van der Waals surface area (Å²) in [6.07, 6.45) is 2.46. The Bertz CT molecular complexity index is 1780. The van der Waals surface area contributed by atoms with Gasteiger partial charge in [-0.05, 0) is 48.9 Å². The Labute approximate surface area is 232 Å². The van der Waals surface area contributed by atoms with E-state index in [9.17, 15) is 22.4 Å². The minimum Gasteiger partial charge on any atom is -0.480 e. The van der Waals surface area contributed by atoms with Gasteiger partial charge in [0.25, 0.3) is 15.6 Å². The van der Waals surface area contributed by atoms with Crippen LogP contribution in [0.1, 0.15) is 13.8 Å². The quantitative estimate of drug-likeness (QED) is 0.283. The number of esters is 1. The fraction of sp³-hybridized carbons (Fsp3) is 0.231. The molecule has 0 bridgehead atoms. The molecule has 0 fully saturated rings. The number of sulfonamides is 1. The van der Waals surface area contributed by atoms with Gasteiger partial charge >= 0.3 is 5.97 Å². The van der Waals surface area contributed by atoms with Gasteiger partial charge in [0.2, 0.25) is 5.88 Å². The molecule has 40 heavy (non-hydrogen) atoms. The van der Waals surface area contributed by atoms with Gasteiger partial charge in [-0.25, -0.2) is 27.2 Å². The summed E-state index contributed by atoms with van der Waals surface area (Å²) in [5, 5.41) is -0.405. The van der Waals surface area contributed by atoms with Crippen LogP contribution in [0.5, 0.6) is 5.88 Å². The highest BCUT2D eigenvalue weighted by atomic mass is 35.5. The van der Waals surface area contributed by atoms with Gasteiger partial charge in [0.15, 0.2) is 0 Å². The number of ether oxygens (including phenoxy) is 2. The van der Waals surface area contributed by atoms with Crippen LogP contribution in [0, 0.1) is 17.6 Å². The lowest BCUT2D eigenvalue weighted by Crippen LogP contribution is -2.28. The first-order valence-electron chi connectivity index (χ1n) is 11.8. The van der Waals surface area contributed by atoms with Crippen molar-refractivity contribution in [3.05, 3.63) is 75.9 Å². The van der Waals surface area contributed by atoms with Crippen LogP contribution in [0.25, 0.3) is 22.0 Å². The monoisotopic (exact) mass is 592 g/mol. The van der Waals surface area contributed by atoms with Crippen molar-refractivity contribution >= 4 is 44.2 Å². The van der Waals surface area contributed by atoms with Crippen molar-refractivity contribution in [2.75, 3.05) is 18.4 Å². The zero-order valence-corrected chi connectivity index (χ0v) is 23.0. The topological polar surface area (TPSA) is 129 Å². The molecule has 0 aliphatic heterocycles. The number of anilines is 1. The maximum Gasteiger partial charge on any atom is 0.310 e. The average molecular weight is 593 g/mol. The van der Waals surface area contributed by atoms with Gasteiger partial charge in [0, 0.05) is 18.3 Å². The molecule has 0 radical (unpaired) electrons. The van der Waals surface area contributed by atoms with Gasteiger partial charge in [-0.15, -0.1) is 0 Å². The van der Waals surface area contributed by atoms with Crippen molar-refractivity contribution in [2.24, 2.45) is 5.92 Å². The zero-order chi connectivity index (χ0) is 29.2. The van der Waals surface area contributed by atoms with Crippen LogP contribution < -0.4 is 15.0 Å². The summed E-state index contributed by atoms with van der Waals surface area (Å²) in [5.74, 6) is -2.76. The lowest BCUT2D eigenvalue weighted by molar-refractivity contribution is -0.147. The van der Waals surface area contributed by atoms with Crippen molar-refractivity contribution in [3.8, 4) is 17.0 Å². The third kappa shape index (κ3) is 5.89. The molecule has 2 aromatic heterocycles. The Balaban J connectivity index is 1.76. The first kappa shape index (κ1) is 28.9. The molecule has 0 saturated heterocycles. The SMILES string of the molecule is CCOC(=O)C(C)Cn1cnc2c(F)cc(-c3cnc(OC)c(NS(=O)(=O)c4ccc(F)cc4Cl)c3)cc2c1=O. The maximum atomic E-state index is 15.1. The molecule has 4 aromatic rings. The van der Waals surface area contributed by atoms with Gasteiger partial charge < -0.3 is 9.47 Å². The van der Waals surface area contributed by atoms with Crippen LogP contribution >= 0.6 is 11.6 Å². The Kier molecular flexibility index (Phi) is 8.35. The molecule has 14 heteroatoms. The first-order valence-corrected chi connectivity index (χ1v) is 13.7. The molecule has 1 unspecified atom stereocenters. The number of methoxy groups -OCH3 is 1. The number of nitrogens with zero attached hydrogens (tertiary/aromatic N) is 3. The standard InChI is InChI=1S/C26H23ClF2N4O6S/c1-4-39-26(35)14(2)12-33-13-31-23-18(25(33)34)7-15(8-20(23)29)16-9-21(24(38-3)30-11-16)32-40(36,37)22-6-5-17(28)10-19(22)27/h5-11,13-14,32H,4,12H2,1-3H3. The molecule has 0 aliphatic rings. The summed E-state index contributed by atoms with van der Waals surface area (Å²) in [5.41, 5.74) is -0.458. The predicted molar refractivity (Wildman–Crippen MR) is 144 cm³/mol. The summed E-state index contributed by atoms with van der Waals surface area (Å²) in [6.45, 7) is 3.42. The molecule has 0 saturated carbocycles. The normalized spacial score (nSPS) is 12.2. The fourth-order valence-electron chi connectivity index (χ4n) is 3.92. The molecule has 10 nitrogen and oxygen atoms in total. The minimum atomic E-state index is -4.31. The Morgan fingerprint density at radius 1 is 1.15 bits per heavy atom. The number of hydrogen-bond acceptors (Lipinski definition) is 8. The van der Waals surface area contributed by atoms with E-state index in [-0.39, 0.29) is 56.7 Å². The van der Waals surface area contributed by atoms with Crippen LogP contribution in [0.2, 0.25) is 5.02 Å². The number of carbonyl (C=O) groups is 1. The highest BCUT2D eigenvalue weighted by Crippen LogP contribution is 2.33. The molecule has 4 rings (SSSR count). The maximum absolute atomic E-state index is 15.1. The molecule has 1 N–H and O–H groups in total. The number of fused-ring (bicyclic) bond motifs is 1. The first-order chi connectivity index (χ1) is 18.9. The van der Waals surface area contributed by atoms with Gasteiger partial charge in [0.1, 0.15) is 27.7 Å². The molecule has 0 spiro atoms. The summed E-state index contributed by atoms with van der Waals surface area (Å²) in [6, 6.07) is 6.64. The van der Waals surface area contributed by atoms with Crippen LogP contribution in [0.15, 0.2) is 58.6 Å². The van der Waals surface area contributed by atoms with E-state index in [1.807, 2.05) is 0 Å². The molecule has 2 aromatic carbocycles. The third-order valence-electron chi connectivity index (χ3n) is 5.85. The molecule has 1 atom stereocenters. The lowest BCUT2D eigenvalue weighted by Gasteiger charge is -2.14. The second kappa shape index (κ2) is 11.6. The number of aromatic nitrogens is 3. The largest absolute Gasteiger partial charge is 0.480 e. The highest BCUT2D eigenvalue weighted by molar-refractivity contribution is 7.92. The summed E-state index contributed by atoms with van der Waals surface area (Å²) < 4.78 is 68.1. The molecule has 210 valence electrons. The van der Waals surface area contributed by atoms with Crippen molar-refractivity contribution < 1.29 is 31.5 Å². The number of benzene rings is 2. The number of halogens is 3. The van der Waals surface area contributed by atoms with Crippen molar-refractivity contribution in [1.29, 1.82) is 0 Å². The van der Waals surface area contributed by atoms with E-state index >= 15 is 4.39 Å². The summed E-state index contributed by atoms with van der Waals surface area (Å²) in [4.78, 5) is 33.0. The number of carbonyl (C=O) groups excluding carboxylic acids is 1. The van der Waals surface area contributed by atoms with E-state index in [1.165, 1.54) is 30.0 Å². The van der Waals surface area contributed by atoms with Crippen LogP contribution in [0.3, 0.4) is 0 Å².